The van der Waals surface area contributed by atoms with Gasteiger partial charge in [-0.2, -0.15) is 0 Å². The summed E-state index contributed by atoms with van der Waals surface area (Å²) in [5.74, 6) is -0.341. The molecule has 0 aliphatic heterocycles. The first-order valence-corrected chi connectivity index (χ1v) is 8.47. The van der Waals surface area contributed by atoms with E-state index in [4.69, 9.17) is 12.2 Å². The van der Waals surface area contributed by atoms with Crippen molar-refractivity contribution < 1.29 is 9.59 Å². The Hall–Kier alpha value is -2.73. The normalized spacial score (nSPS) is 11.3. The monoisotopic (exact) mass is 355 g/mol. The fourth-order valence-corrected chi connectivity index (χ4v) is 2.45. The fourth-order valence-electron chi connectivity index (χ4n) is 2.22. The number of carbonyl (C=O) groups is 2. The average Bonchev–Trinajstić information content (AvgIpc) is 2.62. The van der Waals surface area contributed by atoms with Crippen molar-refractivity contribution in [3.8, 4) is 0 Å². The van der Waals surface area contributed by atoms with Crippen molar-refractivity contribution in [1.29, 1.82) is 0 Å². The highest BCUT2D eigenvalue weighted by Gasteiger charge is 2.12. The summed E-state index contributed by atoms with van der Waals surface area (Å²) in [7, 11) is 0. The van der Waals surface area contributed by atoms with E-state index in [0.29, 0.717) is 17.7 Å². The van der Waals surface area contributed by atoms with Crippen LogP contribution in [0.1, 0.15) is 42.2 Å². The highest BCUT2D eigenvalue weighted by molar-refractivity contribution is 7.80. The third-order valence-electron chi connectivity index (χ3n) is 3.60. The molecule has 5 nitrogen and oxygen atoms in total. The number of carbonyl (C=O) groups excluding carboxylic acids is 2. The molecular formula is C19H21N3O2S. The summed E-state index contributed by atoms with van der Waals surface area (Å²) in [5, 5.41) is 8.64. The van der Waals surface area contributed by atoms with Crippen LogP contribution in [0.2, 0.25) is 0 Å². The zero-order valence-corrected chi connectivity index (χ0v) is 15.0. The molecule has 3 N–H and O–H groups in total. The largest absolute Gasteiger partial charge is 0.346 e. The zero-order chi connectivity index (χ0) is 18.2. The molecule has 2 aromatic carbocycles. The van der Waals surface area contributed by atoms with Gasteiger partial charge in [-0.3, -0.25) is 9.59 Å². The predicted molar refractivity (Wildman–Crippen MR) is 103 cm³/mol. The molecule has 0 saturated carbocycles. The summed E-state index contributed by atoms with van der Waals surface area (Å²) in [6, 6.07) is 16.6. The van der Waals surface area contributed by atoms with E-state index in [1.807, 2.05) is 37.3 Å². The van der Waals surface area contributed by atoms with Crippen molar-refractivity contribution >= 4 is 34.8 Å². The molecular weight excluding hydrogens is 334 g/mol. The lowest BCUT2D eigenvalue weighted by atomic mass is 10.1. The van der Waals surface area contributed by atoms with Crippen molar-refractivity contribution in [2.45, 2.75) is 26.3 Å². The van der Waals surface area contributed by atoms with Crippen molar-refractivity contribution in [2.24, 2.45) is 0 Å². The number of hydrogen-bond donors (Lipinski definition) is 3. The van der Waals surface area contributed by atoms with Crippen LogP contribution in [0.3, 0.4) is 0 Å². The Morgan fingerprint density at radius 2 is 1.80 bits per heavy atom. The van der Waals surface area contributed by atoms with Crippen molar-refractivity contribution in [3.05, 3.63) is 65.7 Å². The van der Waals surface area contributed by atoms with E-state index in [1.54, 1.807) is 31.2 Å². The van der Waals surface area contributed by atoms with Gasteiger partial charge in [0.25, 0.3) is 5.91 Å². The third-order valence-corrected chi connectivity index (χ3v) is 3.81. The number of rotatable bonds is 5. The Bertz CT molecular complexity index is 762. The SMILES string of the molecule is CCC(=O)NC(=S)Nc1cccc(C(=O)NC(C)c2ccccc2)c1. The van der Waals surface area contributed by atoms with Gasteiger partial charge in [0.05, 0.1) is 6.04 Å². The fraction of sp³-hybridized carbons (Fsp3) is 0.211. The van der Waals surface area contributed by atoms with Crippen LogP contribution in [0.15, 0.2) is 54.6 Å². The quantitative estimate of drug-likeness (QED) is 0.719. The number of hydrogen-bond acceptors (Lipinski definition) is 3. The maximum absolute atomic E-state index is 12.4. The minimum Gasteiger partial charge on any atom is -0.346 e. The van der Waals surface area contributed by atoms with Gasteiger partial charge >= 0.3 is 0 Å². The number of nitrogens with one attached hydrogen (secondary N) is 3. The molecule has 0 fully saturated rings. The Morgan fingerprint density at radius 3 is 2.48 bits per heavy atom. The van der Waals surface area contributed by atoms with Crippen LogP contribution >= 0.6 is 12.2 Å². The summed E-state index contributed by atoms with van der Waals surface area (Å²) in [6.45, 7) is 3.68. The molecule has 0 saturated heterocycles. The van der Waals surface area contributed by atoms with E-state index in [1.165, 1.54) is 0 Å². The van der Waals surface area contributed by atoms with Gasteiger partial charge < -0.3 is 16.0 Å². The highest BCUT2D eigenvalue weighted by atomic mass is 32.1. The summed E-state index contributed by atoms with van der Waals surface area (Å²) in [4.78, 5) is 23.8. The highest BCUT2D eigenvalue weighted by Crippen LogP contribution is 2.14. The molecule has 2 amide bonds. The Balaban J connectivity index is 2.01. The molecule has 0 heterocycles. The van der Waals surface area contributed by atoms with Crippen LogP contribution in [0, 0.1) is 0 Å². The van der Waals surface area contributed by atoms with Crippen LogP contribution in [-0.4, -0.2) is 16.9 Å². The van der Waals surface area contributed by atoms with E-state index in [-0.39, 0.29) is 23.0 Å². The molecule has 25 heavy (non-hydrogen) atoms. The number of benzene rings is 2. The van der Waals surface area contributed by atoms with Gasteiger partial charge in [0.2, 0.25) is 5.91 Å². The zero-order valence-electron chi connectivity index (χ0n) is 14.2. The second kappa shape index (κ2) is 8.94. The lowest BCUT2D eigenvalue weighted by molar-refractivity contribution is -0.119. The molecule has 0 radical (unpaired) electrons. The molecule has 1 atom stereocenters. The van der Waals surface area contributed by atoms with Crippen LogP contribution in [0.25, 0.3) is 0 Å². The van der Waals surface area contributed by atoms with Gasteiger partial charge in [-0.1, -0.05) is 43.3 Å². The molecule has 0 aromatic heterocycles. The lowest BCUT2D eigenvalue weighted by Crippen LogP contribution is -2.33. The number of anilines is 1. The molecule has 2 rings (SSSR count). The van der Waals surface area contributed by atoms with E-state index in [2.05, 4.69) is 16.0 Å². The second-order valence-corrected chi connectivity index (χ2v) is 5.95. The second-order valence-electron chi connectivity index (χ2n) is 5.54. The number of amides is 2. The van der Waals surface area contributed by atoms with Crippen molar-refractivity contribution in [3.63, 3.8) is 0 Å². The van der Waals surface area contributed by atoms with Crippen LogP contribution in [0.4, 0.5) is 5.69 Å². The predicted octanol–water partition coefficient (Wildman–Crippen LogP) is 3.40. The van der Waals surface area contributed by atoms with Crippen LogP contribution in [-0.2, 0) is 4.79 Å². The first kappa shape index (κ1) is 18.6. The standard InChI is InChI=1S/C19H21N3O2S/c1-3-17(23)22-19(25)21-16-11-7-10-15(12-16)18(24)20-13(2)14-8-5-4-6-9-14/h4-13H,3H2,1-2H3,(H,20,24)(H2,21,22,23,25). The molecule has 0 spiro atoms. The van der Waals surface area contributed by atoms with E-state index in [0.717, 1.165) is 5.56 Å². The van der Waals surface area contributed by atoms with Gasteiger partial charge in [0.15, 0.2) is 5.11 Å². The van der Waals surface area contributed by atoms with E-state index >= 15 is 0 Å². The Morgan fingerprint density at radius 1 is 1.08 bits per heavy atom. The maximum atomic E-state index is 12.4. The van der Waals surface area contributed by atoms with Gasteiger partial charge in [-0.15, -0.1) is 0 Å². The molecule has 6 heteroatoms. The molecule has 0 aliphatic carbocycles. The summed E-state index contributed by atoms with van der Waals surface area (Å²) >= 11 is 5.08. The minimum atomic E-state index is -0.177. The molecule has 130 valence electrons. The maximum Gasteiger partial charge on any atom is 0.251 e. The van der Waals surface area contributed by atoms with Crippen LogP contribution in [0.5, 0.6) is 0 Å². The molecule has 0 bridgehead atoms. The Kier molecular flexibility index (Phi) is 6.65. The number of thiocarbonyl (C=S) groups is 1. The van der Waals surface area contributed by atoms with E-state index in [9.17, 15) is 9.59 Å². The molecule has 2 aromatic rings. The molecule has 1 unspecified atom stereocenters. The summed E-state index contributed by atoms with van der Waals surface area (Å²) < 4.78 is 0. The summed E-state index contributed by atoms with van der Waals surface area (Å²) in [5.41, 5.74) is 2.19. The van der Waals surface area contributed by atoms with E-state index < -0.39 is 0 Å². The minimum absolute atomic E-state index is 0.102. The average molecular weight is 355 g/mol. The van der Waals surface area contributed by atoms with Crippen molar-refractivity contribution in [2.75, 3.05) is 5.32 Å². The smallest absolute Gasteiger partial charge is 0.251 e. The van der Waals surface area contributed by atoms with Gasteiger partial charge in [-0.25, -0.2) is 0 Å². The van der Waals surface area contributed by atoms with Gasteiger partial charge in [-0.05, 0) is 42.9 Å². The lowest BCUT2D eigenvalue weighted by Gasteiger charge is -2.15. The van der Waals surface area contributed by atoms with Gasteiger partial charge in [0, 0.05) is 17.7 Å². The van der Waals surface area contributed by atoms with Crippen molar-refractivity contribution in [1.82, 2.24) is 10.6 Å². The molecule has 0 aliphatic rings. The Labute approximate surface area is 152 Å². The first-order chi connectivity index (χ1) is 12.0. The van der Waals surface area contributed by atoms with Crippen LogP contribution < -0.4 is 16.0 Å². The van der Waals surface area contributed by atoms with Gasteiger partial charge in [0.1, 0.15) is 0 Å². The first-order valence-electron chi connectivity index (χ1n) is 8.06. The topological polar surface area (TPSA) is 70.2 Å². The third kappa shape index (κ3) is 5.69. The summed E-state index contributed by atoms with van der Waals surface area (Å²) in [6.07, 6.45) is 0.349.